The molecule has 2 N–H and O–H groups in total. The Hall–Kier alpha value is -1.72. The Balaban J connectivity index is 2.13. The number of nitrogens with one attached hydrogen (secondary N) is 1. The van der Waals surface area contributed by atoms with Crippen molar-refractivity contribution in [3.8, 4) is 0 Å². The van der Waals surface area contributed by atoms with Crippen LogP contribution in [0.1, 0.15) is 34.7 Å². The Bertz CT molecular complexity index is 622. The second-order valence-corrected chi connectivity index (χ2v) is 5.68. The second kappa shape index (κ2) is 6.15. The van der Waals surface area contributed by atoms with Crippen LogP contribution < -0.4 is 5.32 Å². The molecule has 0 radical (unpaired) electrons. The van der Waals surface area contributed by atoms with Crippen LogP contribution in [0.15, 0.2) is 23.6 Å². The van der Waals surface area contributed by atoms with Gasteiger partial charge in [-0.05, 0) is 38.0 Å². The highest BCUT2D eigenvalue weighted by Crippen LogP contribution is 2.24. The fourth-order valence-corrected chi connectivity index (χ4v) is 2.70. The van der Waals surface area contributed by atoms with Crippen LogP contribution in [-0.4, -0.2) is 16.0 Å². The summed E-state index contributed by atoms with van der Waals surface area (Å²) in [6.45, 7) is 5.73. The molecule has 0 spiro atoms. The van der Waals surface area contributed by atoms with Gasteiger partial charge in [0.1, 0.15) is 5.01 Å². The molecule has 0 aliphatic rings. The van der Waals surface area contributed by atoms with E-state index in [1.165, 1.54) is 11.3 Å². The van der Waals surface area contributed by atoms with Crippen LogP contribution in [0.2, 0.25) is 0 Å². The molecule has 1 amide bonds. The van der Waals surface area contributed by atoms with Gasteiger partial charge in [0, 0.05) is 11.1 Å². The van der Waals surface area contributed by atoms with Gasteiger partial charge >= 0.3 is 0 Å². The van der Waals surface area contributed by atoms with Gasteiger partial charge in [0.25, 0.3) is 0 Å². The molecule has 5 heteroatoms. The third kappa shape index (κ3) is 3.05. The fourth-order valence-electron chi connectivity index (χ4n) is 1.83. The first-order chi connectivity index (χ1) is 9.52. The summed E-state index contributed by atoms with van der Waals surface area (Å²) < 4.78 is 0. The molecule has 106 valence electrons. The van der Waals surface area contributed by atoms with E-state index in [4.69, 9.17) is 5.11 Å². The van der Waals surface area contributed by atoms with E-state index in [0.717, 1.165) is 21.8 Å². The lowest BCUT2D eigenvalue weighted by Gasteiger charge is -2.13. The summed E-state index contributed by atoms with van der Waals surface area (Å²) in [4.78, 5) is 16.5. The quantitative estimate of drug-likeness (QED) is 0.910. The van der Waals surface area contributed by atoms with E-state index in [0.29, 0.717) is 5.69 Å². The minimum Gasteiger partial charge on any atom is -0.390 e. The molecule has 0 aliphatic carbocycles. The van der Waals surface area contributed by atoms with Crippen molar-refractivity contribution in [3.05, 3.63) is 45.4 Å². The molecule has 20 heavy (non-hydrogen) atoms. The molecule has 0 fully saturated rings. The van der Waals surface area contributed by atoms with Crippen LogP contribution >= 0.6 is 11.3 Å². The number of anilines is 1. The Kier molecular flexibility index (Phi) is 4.52. The lowest BCUT2D eigenvalue weighted by atomic mass is 10.1. The zero-order valence-electron chi connectivity index (χ0n) is 11.8. The van der Waals surface area contributed by atoms with Gasteiger partial charge in [0.05, 0.1) is 18.2 Å². The van der Waals surface area contributed by atoms with Crippen LogP contribution in [-0.2, 0) is 11.4 Å². The number of rotatable bonds is 4. The van der Waals surface area contributed by atoms with Gasteiger partial charge in [-0.1, -0.05) is 12.1 Å². The van der Waals surface area contributed by atoms with Gasteiger partial charge in [-0.15, -0.1) is 11.3 Å². The second-order valence-electron chi connectivity index (χ2n) is 4.79. The smallest absolute Gasteiger partial charge is 0.234 e. The number of carbonyl (C=O) groups is 1. The van der Waals surface area contributed by atoms with Crippen molar-refractivity contribution in [1.29, 1.82) is 0 Å². The predicted molar refractivity (Wildman–Crippen MR) is 81.0 cm³/mol. The van der Waals surface area contributed by atoms with E-state index < -0.39 is 0 Å². The van der Waals surface area contributed by atoms with Crippen LogP contribution in [0.25, 0.3) is 0 Å². The topological polar surface area (TPSA) is 62.2 Å². The number of amides is 1. The number of aliphatic hydroxyl groups excluding tert-OH is 1. The number of hydrogen-bond acceptors (Lipinski definition) is 4. The normalized spacial score (nSPS) is 12.2. The van der Waals surface area contributed by atoms with Crippen molar-refractivity contribution in [3.63, 3.8) is 0 Å². The molecule has 2 aromatic rings. The van der Waals surface area contributed by atoms with Crippen molar-refractivity contribution >= 4 is 22.9 Å². The van der Waals surface area contributed by atoms with Crippen LogP contribution in [0, 0.1) is 13.8 Å². The van der Waals surface area contributed by atoms with E-state index in [-0.39, 0.29) is 18.4 Å². The van der Waals surface area contributed by atoms with E-state index in [9.17, 15) is 4.79 Å². The molecule has 4 nitrogen and oxygen atoms in total. The third-order valence-corrected chi connectivity index (χ3v) is 4.43. The van der Waals surface area contributed by atoms with Crippen molar-refractivity contribution < 1.29 is 9.90 Å². The number of nitrogens with zero attached hydrogens (tertiary/aromatic N) is 1. The van der Waals surface area contributed by atoms with Crippen molar-refractivity contribution in [2.75, 3.05) is 5.32 Å². The highest BCUT2D eigenvalue weighted by Gasteiger charge is 2.19. The zero-order chi connectivity index (χ0) is 14.7. The van der Waals surface area contributed by atoms with Crippen LogP contribution in [0.3, 0.4) is 0 Å². The van der Waals surface area contributed by atoms with Crippen molar-refractivity contribution in [2.45, 2.75) is 33.3 Å². The average molecular weight is 290 g/mol. The minimum atomic E-state index is -0.333. The van der Waals surface area contributed by atoms with Crippen molar-refractivity contribution in [1.82, 2.24) is 4.98 Å². The number of aryl methyl sites for hydroxylation is 1. The average Bonchev–Trinajstić information content (AvgIpc) is 2.91. The van der Waals surface area contributed by atoms with Crippen LogP contribution in [0.4, 0.5) is 5.69 Å². The first kappa shape index (κ1) is 14.7. The summed E-state index contributed by atoms with van der Waals surface area (Å²) in [5.74, 6) is -0.419. The summed E-state index contributed by atoms with van der Waals surface area (Å²) in [6, 6.07) is 5.84. The van der Waals surface area contributed by atoms with Gasteiger partial charge in [-0.2, -0.15) is 0 Å². The molecule has 1 aromatic heterocycles. The predicted octanol–water partition coefficient (Wildman–Crippen LogP) is 2.99. The molecule has 0 saturated carbocycles. The first-order valence-corrected chi connectivity index (χ1v) is 7.33. The number of carbonyl (C=O) groups excluding carboxylic acids is 1. The van der Waals surface area contributed by atoms with Gasteiger partial charge in [0.2, 0.25) is 5.91 Å². The number of aromatic nitrogens is 1. The Morgan fingerprint density at radius 2 is 2.20 bits per heavy atom. The molecular formula is C15H18N2O2S. The summed E-state index contributed by atoms with van der Waals surface area (Å²) in [5.41, 5.74) is 3.66. The molecule has 0 aliphatic heterocycles. The first-order valence-electron chi connectivity index (χ1n) is 6.45. The molecule has 1 unspecified atom stereocenters. The monoisotopic (exact) mass is 290 g/mol. The number of benzene rings is 1. The lowest BCUT2D eigenvalue weighted by Crippen LogP contribution is -2.19. The standard InChI is InChI=1S/C15H18N2O2S/c1-9-5-4-6-13(10(9)2)17-14(19)11(3)15-16-12(7-18)8-20-15/h4-6,8,11,18H,7H2,1-3H3,(H,17,19). The molecule has 1 aromatic carbocycles. The number of aliphatic hydroxyl groups is 1. The highest BCUT2D eigenvalue weighted by atomic mass is 32.1. The maximum Gasteiger partial charge on any atom is 0.234 e. The molecule has 0 saturated heterocycles. The van der Waals surface area contributed by atoms with E-state index in [1.54, 1.807) is 5.38 Å². The number of thiazole rings is 1. The van der Waals surface area contributed by atoms with E-state index >= 15 is 0 Å². The van der Waals surface area contributed by atoms with Gasteiger partial charge < -0.3 is 10.4 Å². The summed E-state index contributed by atoms with van der Waals surface area (Å²) in [6.07, 6.45) is 0. The van der Waals surface area contributed by atoms with Gasteiger partial charge in [0.15, 0.2) is 0 Å². The molecule has 2 rings (SSSR count). The summed E-state index contributed by atoms with van der Waals surface area (Å²) in [5, 5.41) is 14.5. The maximum atomic E-state index is 12.3. The zero-order valence-corrected chi connectivity index (χ0v) is 12.6. The SMILES string of the molecule is Cc1cccc(NC(=O)C(C)c2nc(CO)cs2)c1C. The van der Waals surface area contributed by atoms with Gasteiger partial charge in [-0.25, -0.2) is 4.98 Å². The van der Waals surface area contributed by atoms with Gasteiger partial charge in [-0.3, -0.25) is 4.79 Å². The Morgan fingerprint density at radius 1 is 1.45 bits per heavy atom. The van der Waals surface area contributed by atoms with E-state index in [1.807, 2.05) is 39.0 Å². The largest absolute Gasteiger partial charge is 0.390 e. The number of hydrogen-bond donors (Lipinski definition) is 2. The van der Waals surface area contributed by atoms with Crippen LogP contribution in [0.5, 0.6) is 0 Å². The fraction of sp³-hybridized carbons (Fsp3) is 0.333. The molecule has 1 heterocycles. The summed E-state index contributed by atoms with van der Waals surface area (Å²) in [7, 11) is 0. The van der Waals surface area contributed by atoms with Crippen molar-refractivity contribution in [2.24, 2.45) is 0 Å². The molecule has 1 atom stereocenters. The Labute approximate surface area is 122 Å². The Morgan fingerprint density at radius 3 is 2.85 bits per heavy atom. The maximum absolute atomic E-state index is 12.3. The molecule has 0 bridgehead atoms. The summed E-state index contributed by atoms with van der Waals surface area (Å²) >= 11 is 1.40. The lowest BCUT2D eigenvalue weighted by molar-refractivity contribution is -0.117. The third-order valence-electron chi connectivity index (χ3n) is 3.36. The van der Waals surface area contributed by atoms with E-state index in [2.05, 4.69) is 10.3 Å². The minimum absolute atomic E-state index is 0.0856. The molecular weight excluding hydrogens is 272 g/mol. The highest BCUT2D eigenvalue weighted by molar-refractivity contribution is 7.09.